The Labute approximate surface area is 162 Å². The van der Waals surface area contributed by atoms with Gasteiger partial charge in [-0.2, -0.15) is 0 Å². The number of likely N-dealkylation sites (N-methyl/N-ethyl adjacent to an activating group) is 2. The van der Waals surface area contributed by atoms with E-state index in [0.717, 1.165) is 11.3 Å². The maximum absolute atomic E-state index is 11.9. The van der Waals surface area contributed by atoms with Gasteiger partial charge in [-0.3, -0.25) is 4.79 Å². The zero-order chi connectivity index (χ0) is 20.4. The molecular formula is C20H32N2O5. The molecule has 7 heteroatoms. The van der Waals surface area contributed by atoms with Gasteiger partial charge in [0.15, 0.2) is 0 Å². The average Bonchev–Trinajstić information content (AvgIpc) is 2.58. The largest absolute Gasteiger partial charge is 0.492 e. The Bertz CT molecular complexity index is 613. The van der Waals surface area contributed by atoms with Crippen molar-refractivity contribution in [3.63, 3.8) is 0 Å². The molecule has 0 aromatic heterocycles. The smallest absolute Gasteiger partial charge is 0.410 e. The minimum Gasteiger partial charge on any atom is -0.492 e. The topological polar surface area (TPSA) is 68.3 Å². The molecule has 7 nitrogen and oxygen atoms in total. The summed E-state index contributed by atoms with van der Waals surface area (Å²) in [7, 11) is 5.07. The second-order valence-corrected chi connectivity index (χ2v) is 7.45. The number of methoxy groups -OCH3 is 1. The van der Waals surface area contributed by atoms with Crippen molar-refractivity contribution in [3.05, 3.63) is 29.8 Å². The van der Waals surface area contributed by atoms with Gasteiger partial charge in [-0.25, -0.2) is 4.79 Å². The molecule has 152 valence electrons. The summed E-state index contributed by atoms with van der Waals surface area (Å²) in [5.41, 5.74) is 0.361. The minimum absolute atomic E-state index is 0.227. The first-order chi connectivity index (χ1) is 12.6. The van der Waals surface area contributed by atoms with E-state index >= 15 is 0 Å². The van der Waals surface area contributed by atoms with Gasteiger partial charge in [-0.05, 0) is 45.5 Å². The molecule has 0 saturated carbocycles. The van der Waals surface area contributed by atoms with Crippen LogP contribution in [0.1, 0.15) is 26.3 Å². The van der Waals surface area contributed by atoms with Gasteiger partial charge in [-0.1, -0.05) is 12.1 Å². The number of ether oxygens (including phenoxy) is 3. The van der Waals surface area contributed by atoms with E-state index in [-0.39, 0.29) is 18.5 Å². The molecule has 0 spiro atoms. The van der Waals surface area contributed by atoms with Crippen molar-refractivity contribution in [1.82, 2.24) is 9.80 Å². The summed E-state index contributed by atoms with van der Waals surface area (Å²) < 4.78 is 15.8. The zero-order valence-electron chi connectivity index (χ0n) is 17.3. The Morgan fingerprint density at radius 1 is 1.07 bits per heavy atom. The highest BCUT2D eigenvalue weighted by atomic mass is 16.6. The lowest BCUT2D eigenvalue weighted by Crippen LogP contribution is -2.39. The third-order valence-corrected chi connectivity index (χ3v) is 3.74. The number of rotatable bonds is 9. The van der Waals surface area contributed by atoms with Crippen molar-refractivity contribution in [2.45, 2.75) is 32.8 Å². The van der Waals surface area contributed by atoms with Crippen molar-refractivity contribution in [1.29, 1.82) is 0 Å². The Balaban J connectivity index is 2.33. The van der Waals surface area contributed by atoms with Crippen molar-refractivity contribution >= 4 is 12.1 Å². The molecule has 0 unspecified atom stereocenters. The predicted octanol–water partition coefficient (Wildman–Crippen LogP) is 2.58. The van der Waals surface area contributed by atoms with Crippen LogP contribution in [0.2, 0.25) is 0 Å². The highest BCUT2D eigenvalue weighted by Crippen LogP contribution is 2.14. The molecule has 0 atom stereocenters. The van der Waals surface area contributed by atoms with Gasteiger partial charge < -0.3 is 24.0 Å². The van der Waals surface area contributed by atoms with Crippen molar-refractivity contribution in [2.75, 3.05) is 47.4 Å². The van der Waals surface area contributed by atoms with Gasteiger partial charge in [0.1, 0.15) is 18.0 Å². The summed E-state index contributed by atoms with van der Waals surface area (Å²) in [4.78, 5) is 26.9. The number of hydrogen-bond donors (Lipinski definition) is 0. The Morgan fingerprint density at radius 2 is 1.78 bits per heavy atom. The van der Waals surface area contributed by atoms with E-state index in [1.54, 1.807) is 11.9 Å². The average molecular weight is 380 g/mol. The molecule has 27 heavy (non-hydrogen) atoms. The monoisotopic (exact) mass is 380 g/mol. The SMILES string of the molecule is COC(=O)Cc1cccc(OCCN(C)CCN(C)C(=O)OC(C)(C)C)c1. The molecule has 0 aliphatic carbocycles. The fraction of sp³-hybridized carbons (Fsp3) is 0.600. The molecule has 1 aromatic rings. The van der Waals surface area contributed by atoms with Crippen molar-refractivity contribution in [3.8, 4) is 5.75 Å². The van der Waals surface area contributed by atoms with E-state index in [1.165, 1.54) is 7.11 Å². The van der Waals surface area contributed by atoms with Crippen LogP contribution in [0.4, 0.5) is 4.79 Å². The first kappa shape index (κ1) is 22.8. The van der Waals surface area contributed by atoms with Crippen LogP contribution < -0.4 is 4.74 Å². The van der Waals surface area contributed by atoms with E-state index < -0.39 is 5.60 Å². The van der Waals surface area contributed by atoms with Crippen LogP contribution in [-0.2, 0) is 20.7 Å². The van der Waals surface area contributed by atoms with Crippen molar-refractivity contribution in [2.24, 2.45) is 0 Å². The highest BCUT2D eigenvalue weighted by molar-refractivity contribution is 5.72. The van der Waals surface area contributed by atoms with Crippen LogP contribution in [0.15, 0.2) is 24.3 Å². The van der Waals surface area contributed by atoms with Crippen LogP contribution in [0.3, 0.4) is 0 Å². The summed E-state index contributed by atoms with van der Waals surface area (Å²) in [6.07, 6.45) is -0.0977. The van der Waals surface area contributed by atoms with Gasteiger partial charge in [0.25, 0.3) is 0 Å². The van der Waals surface area contributed by atoms with Gasteiger partial charge in [0.05, 0.1) is 13.5 Å². The maximum atomic E-state index is 11.9. The van der Waals surface area contributed by atoms with E-state index in [2.05, 4.69) is 9.64 Å². The van der Waals surface area contributed by atoms with Gasteiger partial charge in [-0.15, -0.1) is 0 Å². The number of esters is 1. The van der Waals surface area contributed by atoms with Crippen LogP contribution in [0.5, 0.6) is 5.75 Å². The second kappa shape index (κ2) is 10.8. The fourth-order valence-corrected chi connectivity index (χ4v) is 2.17. The summed E-state index contributed by atoms with van der Waals surface area (Å²) in [6.45, 7) is 8.05. The first-order valence-corrected chi connectivity index (χ1v) is 9.02. The summed E-state index contributed by atoms with van der Waals surface area (Å²) in [6, 6.07) is 7.42. The highest BCUT2D eigenvalue weighted by Gasteiger charge is 2.19. The molecule has 0 aliphatic rings. The number of amides is 1. The molecular weight excluding hydrogens is 348 g/mol. The van der Waals surface area contributed by atoms with Crippen LogP contribution in [-0.4, -0.2) is 74.9 Å². The predicted molar refractivity (Wildman–Crippen MR) is 104 cm³/mol. The summed E-state index contributed by atoms with van der Waals surface area (Å²) in [5.74, 6) is 0.441. The Hall–Kier alpha value is -2.28. The van der Waals surface area contributed by atoms with Crippen molar-refractivity contribution < 1.29 is 23.8 Å². The molecule has 0 aliphatic heterocycles. The molecule has 1 aromatic carbocycles. The van der Waals surface area contributed by atoms with Gasteiger partial charge >= 0.3 is 12.1 Å². The van der Waals surface area contributed by atoms with E-state index in [0.29, 0.717) is 26.2 Å². The molecule has 0 radical (unpaired) electrons. The van der Waals surface area contributed by atoms with Crippen LogP contribution in [0.25, 0.3) is 0 Å². The van der Waals surface area contributed by atoms with E-state index in [1.807, 2.05) is 52.1 Å². The lowest BCUT2D eigenvalue weighted by atomic mass is 10.1. The number of benzene rings is 1. The summed E-state index contributed by atoms with van der Waals surface area (Å²) >= 11 is 0. The van der Waals surface area contributed by atoms with E-state index in [4.69, 9.17) is 9.47 Å². The number of carbonyl (C=O) groups is 2. The van der Waals surface area contributed by atoms with Gasteiger partial charge in [0.2, 0.25) is 0 Å². The number of hydrogen-bond acceptors (Lipinski definition) is 6. The lowest BCUT2D eigenvalue weighted by Gasteiger charge is -2.26. The van der Waals surface area contributed by atoms with E-state index in [9.17, 15) is 9.59 Å². The molecule has 1 amide bonds. The lowest BCUT2D eigenvalue weighted by molar-refractivity contribution is -0.139. The van der Waals surface area contributed by atoms with Crippen LogP contribution >= 0.6 is 0 Å². The number of nitrogens with zero attached hydrogens (tertiary/aromatic N) is 2. The second-order valence-electron chi connectivity index (χ2n) is 7.45. The van der Waals surface area contributed by atoms with Crippen LogP contribution in [0, 0.1) is 0 Å². The quantitative estimate of drug-likeness (QED) is 0.614. The maximum Gasteiger partial charge on any atom is 0.410 e. The normalized spacial score (nSPS) is 11.2. The molecule has 0 saturated heterocycles. The zero-order valence-corrected chi connectivity index (χ0v) is 17.3. The fourth-order valence-electron chi connectivity index (χ4n) is 2.17. The molecule has 0 N–H and O–H groups in total. The first-order valence-electron chi connectivity index (χ1n) is 9.02. The standard InChI is InChI=1S/C20H32N2O5/c1-20(2,3)27-19(24)22(5)11-10-21(4)12-13-26-17-9-7-8-16(14-17)15-18(23)25-6/h7-9,14H,10-13,15H2,1-6H3. The molecule has 0 heterocycles. The summed E-state index contributed by atoms with van der Waals surface area (Å²) in [5, 5.41) is 0. The Kier molecular flexibility index (Phi) is 9.08. The van der Waals surface area contributed by atoms with Gasteiger partial charge in [0, 0.05) is 26.7 Å². The third kappa shape index (κ3) is 9.84. The third-order valence-electron chi connectivity index (χ3n) is 3.74. The molecule has 1 rings (SSSR count). The minimum atomic E-state index is -0.493. The Morgan fingerprint density at radius 3 is 2.41 bits per heavy atom. The number of carbonyl (C=O) groups excluding carboxylic acids is 2. The molecule has 0 fully saturated rings. The molecule has 0 bridgehead atoms.